The summed E-state index contributed by atoms with van der Waals surface area (Å²) in [5.41, 5.74) is -0.266. The van der Waals surface area contributed by atoms with Gasteiger partial charge in [0.2, 0.25) is 0 Å². The zero-order valence-electron chi connectivity index (χ0n) is 9.28. The predicted molar refractivity (Wildman–Crippen MR) is 60.6 cm³/mol. The molecule has 0 bridgehead atoms. The van der Waals surface area contributed by atoms with Crippen LogP contribution in [0.3, 0.4) is 0 Å². The lowest BCUT2D eigenvalue weighted by Crippen LogP contribution is -2.13. The van der Waals surface area contributed by atoms with Gasteiger partial charge in [-0.15, -0.1) is 0 Å². The number of alkyl halides is 3. The molecule has 0 amide bonds. The van der Waals surface area contributed by atoms with Gasteiger partial charge in [-0.25, -0.2) is 0 Å². The van der Waals surface area contributed by atoms with E-state index in [-0.39, 0.29) is 5.56 Å². The van der Waals surface area contributed by atoms with E-state index < -0.39 is 18.5 Å². The Bertz CT molecular complexity index is 538. The number of hydrogen-bond donors (Lipinski definition) is 1. The molecule has 0 aliphatic rings. The van der Waals surface area contributed by atoms with Crippen molar-refractivity contribution < 1.29 is 18.3 Å². The molecule has 2 aromatic rings. The second-order valence-corrected chi connectivity index (χ2v) is 3.71. The fraction of sp³-hybridized carbons (Fsp3) is 0.154. The van der Waals surface area contributed by atoms with Gasteiger partial charge in [0, 0.05) is 11.8 Å². The molecule has 2 nitrogen and oxygen atoms in total. The van der Waals surface area contributed by atoms with Crippen LogP contribution in [0.5, 0.6) is 0 Å². The zero-order valence-corrected chi connectivity index (χ0v) is 9.28. The SMILES string of the molecule is OCc1c(-c2ccccc2)ccnc1C(F)(F)F. The average Bonchev–Trinajstić information content (AvgIpc) is 2.37. The van der Waals surface area contributed by atoms with E-state index in [0.29, 0.717) is 11.1 Å². The van der Waals surface area contributed by atoms with Crippen molar-refractivity contribution >= 4 is 0 Å². The Morgan fingerprint density at radius 1 is 1.06 bits per heavy atom. The number of halogens is 3. The molecule has 0 saturated heterocycles. The van der Waals surface area contributed by atoms with Gasteiger partial charge in [-0.2, -0.15) is 13.2 Å². The Kier molecular flexibility index (Phi) is 3.34. The highest BCUT2D eigenvalue weighted by Crippen LogP contribution is 2.34. The van der Waals surface area contributed by atoms with Gasteiger partial charge in [0.15, 0.2) is 5.69 Å². The largest absolute Gasteiger partial charge is 0.433 e. The number of hydrogen-bond acceptors (Lipinski definition) is 2. The van der Waals surface area contributed by atoms with Gasteiger partial charge < -0.3 is 5.11 Å². The number of benzene rings is 1. The molecule has 18 heavy (non-hydrogen) atoms. The third-order valence-electron chi connectivity index (χ3n) is 2.57. The third-order valence-corrected chi connectivity index (χ3v) is 2.57. The fourth-order valence-corrected chi connectivity index (χ4v) is 1.78. The van der Waals surface area contributed by atoms with Crippen LogP contribution in [0.15, 0.2) is 42.6 Å². The van der Waals surface area contributed by atoms with Crippen molar-refractivity contribution in [1.29, 1.82) is 0 Å². The molecule has 0 radical (unpaired) electrons. The van der Waals surface area contributed by atoms with Crippen molar-refractivity contribution in [1.82, 2.24) is 4.98 Å². The number of aliphatic hydroxyl groups is 1. The summed E-state index contributed by atoms with van der Waals surface area (Å²) in [6.45, 7) is -0.701. The lowest BCUT2D eigenvalue weighted by Gasteiger charge is -2.14. The number of rotatable bonds is 2. The van der Waals surface area contributed by atoms with E-state index in [9.17, 15) is 18.3 Å². The molecular weight excluding hydrogens is 243 g/mol. The summed E-state index contributed by atoms with van der Waals surface area (Å²) in [7, 11) is 0. The van der Waals surface area contributed by atoms with E-state index in [4.69, 9.17) is 0 Å². The van der Waals surface area contributed by atoms with Crippen molar-refractivity contribution in [3.05, 3.63) is 53.9 Å². The van der Waals surface area contributed by atoms with Crippen LogP contribution in [0.2, 0.25) is 0 Å². The standard InChI is InChI=1S/C13H10F3NO/c14-13(15,16)12-11(8-18)10(6-7-17-12)9-4-2-1-3-5-9/h1-7,18H,8H2. The number of aliphatic hydroxyl groups excluding tert-OH is 1. The zero-order chi connectivity index (χ0) is 13.2. The Morgan fingerprint density at radius 3 is 2.28 bits per heavy atom. The van der Waals surface area contributed by atoms with Crippen LogP contribution in [-0.2, 0) is 12.8 Å². The summed E-state index contributed by atoms with van der Waals surface area (Å²) < 4.78 is 38.3. The minimum atomic E-state index is -4.57. The Labute approximate surface area is 102 Å². The number of nitrogens with zero attached hydrogens (tertiary/aromatic N) is 1. The van der Waals surface area contributed by atoms with Crippen molar-refractivity contribution in [3.63, 3.8) is 0 Å². The molecule has 0 saturated carbocycles. The Hall–Kier alpha value is -1.88. The van der Waals surface area contributed by atoms with Gasteiger partial charge in [0.05, 0.1) is 6.61 Å². The molecule has 1 heterocycles. The maximum Gasteiger partial charge on any atom is 0.433 e. The molecule has 0 aliphatic carbocycles. The van der Waals surface area contributed by atoms with Crippen molar-refractivity contribution in [3.8, 4) is 11.1 Å². The molecule has 0 spiro atoms. The quantitative estimate of drug-likeness (QED) is 0.891. The summed E-state index contributed by atoms with van der Waals surface area (Å²) in [5, 5.41) is 9.18. The van der Waals surface area contributed by atoms with Crippen molar-refractivity contribution in [2.45, 2.75) is 12.8 Å². The van der Waals surface area contributed by atoms with Gasteiger partial charge in [-0.3, -0.25) is 4.98 Å². The number of aromatic nitrogens is 1. The molecule has 1 aromatic heterocycles. The van der Waals surface area contributed by atoms with E-state index >= 15 is 0 Å². The van der Waals surface area contributed by atoms with Gasteiger partial charge in [0.1, 0.15) is 0 Å². The monoisotopic (exact) mass is 253 g/mol. The summed E-state index contributed by atoms with van der Waals surface area (Å²) in [6, 6.07) is 10.1. The topological polar surface area (TPSA) is 33.1 Å². The molecule has 0 unspecified atom stereocenters. The molecule has 1 aromatic carbocycles. The van der Waals surface area contributed by atoms with Crippen LogP contribution in [0.4, 0.5) is 13.2 Å². The second-order valence-electron chi connectivity index (χ2n) is 3.71. The van der Waals surface area contributed by atoms with Gasteiger partial charge in [0.25, 0.3) is 0 Å². The molecule has 94 valence electrons. The first-order chi connectivity index (χ1) is 8.54. The Balaban J connectivity index is 2.63. The van der Waals surface area contributed by atoms with Gasteiger partial charge in [-0.05, 0) is 17.2 Å². The lowest BCUT2D eigenvalue weighted by atomic mass is 9.99. The normalized spacial score (nSPS) is 11.6. The predicted octanol–water partition coefficient (Wildman–Crippen LogP) is 3.26. The highest BCUT2D eigenvalue weighted by atomic mass is 19.4. The van der Waals surface area contributed by atoms with E-state index in [1.807, 2.05) is 0 Å². The van der Waals surface area contributed by atoms with E-state index in [1.165, 1.54) is 6.07 Å². The smallest absolute Gasteiger partial charge is 0.392 e. The maximum atomic E-state index is 12.8. The van der Waals surface area contributed by atoms with Crippen LogP contribution in [0.1, 0.15) is 11.3 Å². The van der Waals surface area contributed by atoms with Crippen LogP contribution >= 0.6 is 0 Å². The summed E-state index contributed by atoms with van der Waals surface area (Å²) in [4.78, 5) is 3.32. The van der Waals surface area contributed by atoms with Crippen LogP contribution < -0.4 is 0 Å². The highest BCUT2D eigenvalue weighted by Gasteiger charge is 2.36. The van der Waals surface area contributed by atoms with Gasteiger partial charge >= 0.3 is 6.18 Å². The summed E-state index contributed by atoms with van der Waals surface area (Å²) >= 11 is 0. The summed E-state index contributed by atoms with van der Waals surface area (Å²) in [6.07, 6.45) is -3.47. The van der Waals surface area contributed by atoms with E-state index in [0.717, 1.165) is 6.20 Å². The molecule has 0 aliphatic heterocycles. The lowest BCUT2D eigenvalue weighted by molar-refractivity contribution is -0.142. The highest BCUT2D eigenvalue weighted by molar-refractivity contribution is 5.67. The Morgan fingerprint density at radius 2 is 1.72 bits per heavy atom. The minimum absolute atomic E-state index is 0.198. The second kappa shape index (κ2) is 4.78. The van der Waals surface area contributed by atoms with Crippen LogP contribution in [0, 0.1) is 0 Å². The fourth-order valence-electron chi connectivity index (χ4n) is 1.78. The van der Waals surface area contributed by atoms with Crippen molar-refractivity contribution in [2.24, 2.45) is 0 Å². The maximum absolute atomic E-state index is 12.8. The molecule has 5 heteroatoms. The third kappa shape index (κ3) is 2.36. The number of pyridine rings is 1. The van der Waals surface area contributed by atoms with Gasteiger partial charge in [-0.1, -0.05) is 30.3 Å². The van der Waals surface area contributed by atoms with E-state index in [1.54, 1.807) is 30.3 Å². The van der Waals surface area contributed by atoms with E-state index in [2.05, 4.69) is 4.98 Å². The molecule has 2 rings (SSSR count). The first-order valence-electron chi connectivity index (χ1n) is 5.25. The molecule has 0 atom stereocenters. The first kappa shape index (κ1) is 12.6. The van der Waals surface area contributed by atoms with Crippen molar-refractivity contribution in [2.75, 3.05) is 0 Å². The average molecular weight is 253 g/mol. The summed E-state index contributed by atoms with van der Waals surface area (Å²) in [5.74, 6) is 0. The first-order valence-corrected chi connectivity index (χ1v) is 5.25. The minimum Gasteiger partial charge on any atom is -0.392 e. The van der Waals surface area contributed by atoms with Crippen LogP contribution in [0.25, 0.3) is 11.1 Å². The van der Waals surface area contributed by atoms with Crippen LogP contribution in [-0.4, -0.2) is 10.1 Å². The molecular formula is C13H10F3NO. The molecule has 0 fully saturated rings. The molecule has 1 N–H and O–H groups in total.